The molecule has 8 unspecified atom stereocenters. The van der Waals surface area contributed by atoms with Crippen molar-refractivity contribution in [1.29, 1.82) is 0 Å². The minimum atomic E-state index is -3.31. The Morgan fingerprint density at radius 1 is 0.265 bits per heavy atom. The van der Waals surface area contributed by atoms with Crippen molar-refractivity contribution in [3.63, 3.8) is 0 Å². The van der Waals surface area contributed by atoms with E-state index in [2.05, 4.69) is 20.8 Å². The zero-order valence-corrected chi connectivity index (χ0v) is 72.8. The summed E-state index contributed by atoms with van der Waals surface area (Å²) in [6, 6.07) is 86.4. The maximum absolute atomic E-state index is 14.3. The fourth-order valence-electron chi connectivity index (χ4n) is 13.7. The van der Waals surface area contributed by atoms with Crippen LogP contribution in [0.25, 0.3) is 44.5 Å². The summed E-state index contributed by atoms with van der Waals surface area (Å²) in [5, 5.41) is 44.3. The predicted octanol–water partition coefficient (Wildman–Crippen LogP) is 28.2. The second-order valence-corrected chi connectivity index (χ2v) is 37.2. The van der Waals surface area contributed by atoms with Crippen molar-refractivity contribution >= 4 is 50.7 Å². The molecule has 594 valence electrons. The Kier molecular flexibility index (Phi) is 32.4. The van der Waals surface area contributed by atoms with Gasteiger partial charge in [-0.3, -0.25) is 18.3 Å². The summed E-state index contributed by atoms with van der Waals surface area (Å²) < 4.78 is 80.6. The van der Waals surface area contributed by atoms with E-state index in [1.807, 2.05) is 354 Å². The molecule has 12 aromatic carbocycles. The van der Waals surface area contributed by atoms with Gasteiger partial charge in [0.05, 0.1) is 43.9 Å². The number of fused-ring (bicyclic) bond motifs is 12. The van der Waals surface area contributed by atoms with Crippen molar-refractivity contribution in [3.05, 3.63) is 312 Å². The van der Waals surface area contributed by atoms with Crippen LogP contribution < -0.4 is 39.3 Å². The molecule has 16 rings (SSSR count). The third-order valence-electron chi connectivity index (χ3n) is 19.5. The van der Waals surface area contributed by atoms with Gasteiger partial charge in [0.25, 0.3) is 29.5 Å². The van der Waals surface area contributed by atoms with Crippen molar-refractivity contribution in [2.24, 2.45) is 0 Å². The first-order chi connectivity index (χ1) is 54.5. The third kappa shape index (κ3) is 18.8. The minimum absolute atomic E-state index is 0.0748. The Bertz CT molecular complexity index is 5190. The van der Waals surface area contributed by atoms with Crippen LogP contribution in [0.3, 0.4) is 0 Å². The van der Waals surface area contributed by atoms with E-state index in [4.69, 9.17) is 18.1 Å². The first-order valence-corrected chi connectivity index (χ1v) is 46.3. The normalized spacial score (nSPS) is 17.8. The zero-order chi connectivity index (χ0) is 83.2. The van der Waals surface area contributed by atoms with E-state index in [0.717, 1.165) is 55.6 Å². The molecule has 12 aromatic rings. The van der Waals surface area contributed by atoms with Crippen LogP contribution in [0.1, 0.15) is 188 Å². The zero-order valence-electron chi connectivity index (χ0n) is 69.2. The number of hydrogen-bond acceptors (Lipinski definition) is 12. The maximum Gasteiger partial charge on any atom is 0.285 e. The van der Waals surface area contributed by atoms with Gasteiger partial charge in [0.1, 0.15) is 46.0 Å². The van der Waals surface area contributed by atoms with Crippen LogP contribution in [0.4, 0.5) is 0 Å². The van der Waals surface area contributed by atoms with Gasteiger partial charge in [0.2, 0.25) is 0 Å². The highest BCUT2D eigenvalue weighted by Gasteiger charge is 2.47. The van der Waals surface area contributed by atoms with Crippen LogP contribution in [0.5, 0.6) is 46.0 Å². The highest BCUT2D eigenvalue weighted by Crippen LogP contribution is 2.68. The van der Waals surface area contributed by atoms with E-state index >= 15 is 0 Å². The molecule has 0 saturated heterocycles. The Morgan fingerprint density at radius 3 is 0.788 bits per heavy atom. The molecule has 8 atom stereocenters. The molecular formula is C97H114O12P4. The number of rotatable bonds is 8. The summed E-state index contributed by atoms with van der Waals surface area (Å²) in [7, 11) is -13.0. The number of phenolic OH excluding ortho intramolecular Hbond substituents is 4. The van der Waals surface area contributed by atoms with E-state index in [-0.39, 0.29) is 28.4 Å². The molecule has 0 spiro atoms. The summed E-state index contributed by atoms with van der Waals surface area (Å²) in [6.07, 6.45) is 0. The van der Waals surface area contributed by atoms with Crippen molar-refractivity contribution < 1.29 is 56.8 Å². The van der Waals surface area contributed by atoms with Gasteiger partial charge >= 0.3 is 0 Å². The van der Waals surface area contributed by atoms with Crippen molar-refractivity contribution in [2.45, 2.75) is 167 Å². The lowest BCUT2D eigenvalue weighted by Crippen LogP contribution is -2.21. The van der Waals surface area contributed by atoms with Crippen molar-refractivity contribution in [1.82, 2.24) is 0 Å². The Morgan fingerprint density at radius 2 is 0.496 bits per heavy atom. The Balaban J connectivity index is 0.000000200. The van der Waals surface area contributed by atoms with E-state index < -0.39 is 52.1 Å². The fraction of sp³-hybridized carbons (Fsp3) is 0.258. The molecule has 4 heterocycles. The lowest BCUT2D eigenvalue weighted by Gasteiger charge is -2.33. The van der Waals surface area contributed by atoms with Gasteiger partial charge in [-0.25, -0.2) is 0 Å². The predicted molar refractivity (Wildman–Crippen MR) is 477 cm³/mol. The minimum Gasteiger partial charge on any atom is -0.508 e. The van der Waals surface area contributed by atoms with Gasteiger partial charge in [-0.15, -0.1) is 0 Å². The Labute approximate surface area is 672 Å². The standard InChI is InChI=1S/C24H25O3P.C21H19O3P.2C20H17O3P.6C2H6/c1-16(20-15-17(24(2,3)4)13-14-21(20)25)28(26)23-12-8-6-10-19(23)18-9-5-7-11-22(18)27-28;1-14-8-7-11-16(21(14)22)15(2)25(23)20-13-6-4-10-18(20)17-9-3-5-12-19(17)24-25;2*1-14(15-8-2-5-11-18(15)21)24(22)20-13-7-4-10-17(20)16-9-3-6-12-19(16)23-24;6*1-2/h5-16,25H,1-4H3;3-13,15,22H,1-2H3;2*2-14,21H,1H3;6*1-2H3. The van der Waals surface area contributed by atoms with Crippen LogP contribution in [0.2, 0.25) is 0 Å². The quantitative estimate of drug-likeness (QED) is 0.106. The fourth-order valence-corrected chi connectivity index (χ4v) is 23.8. The number of hydrogen-bond donors (Lipinski definition) is 4. The molecule has 4 aliphatic heterocycles. The van der Waals surface area contributed by atoms with E-state index in [1.165, 1.54) is 0 Å². The van der Waals surface area contributed by atoms with E-state index in [1.54, 1.807) is 42.5 Å². The molecular weight excluding hydrogens is 1480 g/mol. The largest absolute Gasteiger partial charge is 0.508 e. The van der Waals surface area contributed by atoms with E-state index in [0.29, 0.717) is 66.5 Å². The van der Waals surface area contributed by atoms with Crippen molar-refractivity contribution in [3.8, 4) is 90.5 Å². The number of aryl methyl sites for hydroxylation is 1. The first-order valence-electron chi connectivity index (χ1n) is 39.6. The maximum atomic E-state index is 14.3. The highest BCUT2D eigenvalue weighted by atomic mass is 31.2. The van der Waals surface area contributed by atoms with Crippen molar-refractivity contribution in [2.75, 3.05) is 0 Å². The summed E-state index contributed by atoms with van der Waals surface area (Å²) in [5.41, 5.74) is 10.1. The molecule has 0 aliphatic carbocycles. The van der Waals surface area contributed by atoms with Gasteiger partial charge in [-0.2, -0.15) is 0 Å². The summed E-state index contributed by atoms with van der Waals surface area (Å²) >= 11 is 0. The average molecular weight is 1600 g/mol. The van der Waals surface area contributed by atoms with Gasteiger partial charge in [0, 0.05) is 44.5 Å². The van der Waals surface area contributed by atoms with Crippen LogP contribution in [-0.4, -0.2) is 20.4 Å². The SMILES string of the molecule is CC.CC.CC.CC.CC.CC.CC(c1cc(C(C)(C)C)ccc1O)P1(=O)Oc2ccccc2-c2ccccc21.CC(c1ccccc1O)P1(=O)Oc2ccccc2-c2ccccc21.CC(c1ccccc1O)P1(=O)Oc2ccccc2-c2ccccc21.Cc1cccc(C(C)P2(=O)Oc3ccccc3-c3ccccc32)c1O. The molecule has 4 N–H and O–H groups in total. The average Bonchev–Trinajstić information content (AvgIpc) is 0.754. The lowest BCUT2D eigenvalue weighted by molar-refractivity contribution is 0.454. The van der Waals surface area contributed by atoms with Gasteiger partial charge in [-0.05, 0) is 140 Å². The molecule has 16 heteroatoms. The third-order valence-corrected chi connectivity index (χ3v) is 30.8. The molecule has 0 fully saturated rings. The smallest absolute Gasteiger partial charge is 0.285 e. The second kappa shape index (κ2) is 40.6. The van der Waals surface area contributed by atoms with Crippen LogP contribution in [-0.2, 0) is 23.7 Å². The van der Waals surface area contributed by atoms with Crippen LogP contribution in [0.15, 0.2) is 279 Å². The lowest BCUT2D eigenvalue weighted by atomic mass is 9.86. The number of phenols is 4. The molecule has 4 aliphatic rings. The number of para-hydroxylation sites is 7. The number of benzene rings is 12. The molecule has 0 saturated carbocycles. The summed E-state index contributed by atoms with van der Waals surface area (Å²) in [5.74, 6) is 3.12. The molecule has 0 bridgehead atoms. The summed E-state index contributed by atoms with van der Waals surface area (Å²) in [4.78, 5) is 0. The van der Waals surface area contributed by atoms with Gasteiger partial charge in [-0.1, -0.05) is 316 Å². The highest BCUT2D eigenvalue weighted by molar-refractivity contribution is 7.69. The molecule has 0 radical (unpaired) electrons. The van der Waals surface area contributed by atoms with Gasteiger partial charge in [0.15, 0.2) is 0 Å². The molecule has 12 nitrogen and oxygen atoms in total. The monoisotopic (exact) mass is 1590 g/mol. The molecule has 0 aromatic heterocycles. The molecule has 113 heavy (non-hydrogen) atoms. The summed E-state index contributed by atoms with van der Waals surface area (Å²) in [6.45, 7) is 39.6. The second-order valence-electron chi connectivity index (χ2n) is 26.7. The Hall–Kier alpha value is -10.0. The van der Waals surface area contributed by atoms with E-state index in [9.17, 15) is 38.7 Å². The molecule has 0 amide bonds. The van der Waals surface area contributed by atoms with Gasteiger partial charge < -0.3 is 38.5 Å². The first kappa shape index (κ1) is 90.2. The van der Waals surface area contributed by atoms with Crippen LogP contribution >= 0.6 is 29.5 Å². The topological polar surface area (TPSA) is 186 Å². The number of aromatic hydroxyl groups is 4. The van der Waals surface area contributed by atoms with Crippen LogP contribution in [0, 0.1) is 6.92 Å².